The van der Waals surface area contributed by atoms with Gasteiger partial charge in [0.05, 0.1) is 19.9 Å². The lowest BCUT2D eigenvalue weighted by atomic mass is 10.2. The van der Waals surface area contributed by atoms with Crippen molar-refractivity contribution in [3.63, 3.8) is 0 Å². The summed E-state index contributed by atoms with van der Waals surface area (Å²) >= 11 is 0. The Hall–Kier alpha value is -3.02. The van der Waals surface area contributed by atoms with Crippen molar-refractivity contribution >= 4 is 17.9 Å². The number of amides is 2. The monoisotopic (exact) mass is 341 g/mol. The lowest BCUT2D eigenvalue weighted by Gasteiger charge is -2.10. The maximum atomic E-state index is 11.9. The number of hydrazone groups is 1. The number of anilines is 1. The van der Waals surface area contributed by atoms with Crippen LogP contribution >= 0.6 is 0 Å². The number of carbonyl (C=O) groups excluding carboxylic acids is 1. The van der Waals surface area contributed by atoms with Crippen molar-refractivity contribution in [2.24, 2.45) is 5.10 Å². The molecular weight excluding hydrogens is 318 g/mol. The van der Waals surface area contributed by atoms with Gasteiger partial charge in [-0.25, -0.2) is 10.2 Å². The molecule has 0 radical (unpaired) electrons. The first-order chi connectivity index (χ1) is 12.1. The number of nitrogens with one attached hydrogen (secondary N) is 2. The van der Waals surface area contributed by atoms with Gasteiger partial charge in [0.1, 0.15) is 0 Å². The molecule has 0 fully saturated rings. The van der Waals surface area contributed by atoms with Gasteiger partial charge in [-0.15, -0.1) is 0 Å². The molecule has 0 aliphatic carbocycles. The van der Waals surface area contributed by atoms with Gasteiger partial charge in [0.15, 0.2) is 11.5 Å². The molecule has 0 aromatic heterocycles. The quantitative estimate of drug-likeness (QED) is 0.592. The van der Waals surface area contributed by atoms with Crippen LogP contribution in [0.3, 0.4) is 0 Å². The number of ether oxygens (including phenoxy) is 2. The van der Waals surface area contributed by atoms with E-state index < -0.39 is 6.03 Å². The van der Waals surface area contributed by atoms with Crippen LogP contribution in [0, 0.1) is 6.92 Å². The van der Waals surface area contributed by atoms with Gasteiger partial charge in [0.25, 0.3) is 0 Å². The molecule has 0 aliphatic heterocycles. The van der Waals surface area contributed by atoms with Crippen molar-refractivity contribution in [3.05, 3.63) is 53.6 Å². The highest BCUT2D eigenvalue weighted by Crippen LogP contribution is 2.27. The molecule has 6 heteroatoms. The third kappa shape index (κ3) is 5.53. The fraction of sp³-hybridized carbons (Fsp3) is 0.263. The first-order valence-electron chi connectivity index (χ1n) is 8.10. The minimum Gasteiger partial charge on any atom is -0.493 e. The first-order valence-corrected chi connectivity index (χ1v) is 8.10. The summed E-state index contributed by atoms with van der Waals surface area (Å²) < 4.78 is 10.9. The molecule has 0 spiro atoms. The van der Waals surface area contributed by atoms with E-state index in [0.717, 1.165) is 23.2 Å². The van der Waals surface area contributed by atoms with E-state index in [1.165, 1.54) is 0 Å². The van der Waals surface area contributed by atoms with Gasteiger partial charge in [-0.3, -0.25) is 0 Å². The number of methoxy groups -OCH3 is 1. The van der Waals surface area contributed by atoms with Crippen molar-refractivity contribution in [1.82, 2.24) is 5.43 Å². The molecule has 0 saturated carbocycles. The Labute approximate surface area is 147 Å². The highest BCUT2D eigenvalue weighted by Gasteiger charge is 2.05. The lowest BCUT2D eigenvalue weighted by Crippen LogP contribution is -2.24. The Morgan fingerprint density at radius 3 is 2.72 bits per heavy atom. The van der Waals surface area contributed by atoms with Gasteiger partial charge in [-0.2, -0.15) is 5.10 Å². The molecule has 0 unspecified atom stereocenters. The smallest absolute Gasteiger partial charge is 0.339 e. The maximum absolute atomic E-state index is 11.9. The zero-order valence-corrected chi connectivity index (χ0v) is 14.7. The van der Waals surface area contributed by atoms with Crippen LogP contribution in [0.15, 0.2) is 47.6 Å². The van der Waals surface area contributed by atoms with Crippen molar-refractivity contribution in [2.45, 2.75) is 20.3 Å². The Balaban J connectivity index is 1.95. The molecule has 132 valence electrons. The van der Waals surface area contributed by atoms with E-state index in [1.807, 2.05) is 50.2 Å². The first kappa shape index (κ1) is 18.3. The fourth-order valence-corrected chi connectivity index (χ4v) is 2.12. The molecule has 0 bridgehead atoms. The second kappa shape index (κ2) is 9.32. The van der Waals surface area contributed by atoms with Crippen LogP contribution in [0.2, 0.25) is 0 Å². The molecule has 6 nitrogen and oxygen atoms in total. The fourth-order valence-electron chi connectivity index (χ4n) is 2.12. The Bertz CT molecular complexity index is 744. The van der Waals surface area contributed by atoms with Crippen LogP contribution in [-0.2, 0) is 0 Å². The average Bonchev–Trinajstić information content (AvgIpc) is 2.62. The van der Waals surface area contributed by atoms with Crippen molar-refractivity contribution in [3.8, 4) is 11.5 Å². The molecular formula is C19H23N3O3. The summed E-state index contributed by atoms with van der Waals surface area (Å²) in [6.07, 6.45) is 2.47. The van der Waals surface area contributed by atoms with Crippen molar-refractivity contribution in [1.29, 1.82) is 0 Å². The van der Waals surface area contributed by atoms with Gasteiger partial charge < -0.3 is 14.8 Å². The molecule has 0 aliphatic rings. The molecule has 2 amide bonds. The lowest BCUT2D eigenvalue weighted by molar-refractivity contribution is 0.252. The molecule has 2 aromatic rings. The standard InChI is InChI=1S/C19H23N3O3/c1-4-11-25-17-10-9-15(12-18(17)24-3)13-20-22-19(23)21-16-8-6-5-7-14(16)2/h5-10,12-13H,4,11H2,1-3H3,(H2,21,22,23)/b20-13-. The minimum absolute atomic E-state index is 0.402. The van der Waals surface area contributed by atoms with E-state index >= 15 is 0 Å². The predicted molar refractivity (Wildman–Crippen MR) is 99.7 cm³/mol. The van der Waals surface area contributed by atoms with E-state index in [4.69, 9.17) is 9.47 Å². The summed E-state index contributed by atoms with van der Waals surface area (Å²) in [5.41, 5.74) is 4.95. The van der Waals surface area contributed by atoms with Crippen LogP contribution in [0.4, 0.5) is 10.5 Å². The number of urea groups is 1. The highest BCUT2D eigenvalue weighted by atomic mass is 16.5. The van der Waals surface area contributed by atoms with Gasteiger partial charge in [0.2, 0.25) is 0 Å². The van der Waals surface area contributed by atoms with E-state index in [-0.39, 0.29) is 0 Å². The number of para-hydroxylation sites is 1. The Morgan fingerprint density at radius 1 is 1.20 bits per heavy atom. The molecule has 2 N–H and O–H groups in total. The molecule has 2 rings (SSSR count). The molecule has 0 saturated heterocycles. The highest BCUT2D eigenvalue weighted by molar-refractivity contribution is 5.91. The summed E-state index contributed by atoms with van der Waals surface area (Å²) in [6.45, 7) is 4.60. The normalized spacial score (nSPS) is 10.5. The molecule has 25 heavy (non-hydrogen) atoms. The number of hydrogen-bond donors (Lipinski definition) is 2. The van der Waals surface area contributed by atoms with Gasteiger partial charge in [-0.05, 0) is 48.7 Å². The molecule has 2 aromatic carbocycles. The van der Waals surface area contributed by atoms with Crippen LogP contribution in [0.25, 0.3) is 0 Å². The summed E-state index contributed by atoms with van der Waals surface area (Å²) in [5.74, 6) is 1.31. The summed E-state index contributed by atoms with van der Waals surface area (Å²) in [6, 6.07) is 12.6. The number of nitrogens with zero attached hydrogens (tertiary/aromatic N) is 1. The van der Waals surface area contributed by atoms with Gasteiger partial charge >= 0.3 is 6.03 Å². The van der Waals surface area contributed by atoms with Crippen LogP contribution in [-0.4, -0.2) is 26.0 Å². The summed E-state index contributed by atoms with van der Waals surface area (Å²) in [5, 5.41) is 6.69. The minimum atomic E-state index is -0.402. The number of aryl methyl sites for hydroxylation is 1. The number of rotatable bonds is 7. The third-order valence-corrected chi connectivity index (χ3v) is 3.42. The zero-order chi connectivity index (χ0) is 18.1. The Kier molecular flexibility index (Phi) is 6.83. The SMILES string of the molecule is CCCOc1ccc(/C=N\NC(=O)Nc2ccccc2C)cc1OC. The third-order valence-electron chi connectivity index (χ3n) is 3.42. The van der Waals surface area contributed by atoms with Crippen LogP contribution in [0.1, 0.15) is 24.5 Å². The number of carbonyl (C=O) groups is 1. The number of benzene rings is 2. The van der Waals surface area contributed by atoms with Gasteiger partial charge in [0, 0.05) is 5.69 Å². The predicted octanol–water partition coefficient (Wildman–Crippen LogP) is 3.95. The van der Waals surface area contributed by atoms with Crippen molar-refractivity contribution < 1.29 is 14.3 Å². The largest absolute Gasteiger partial charge is 0.493 e. The molecule has 0 heterocycles. The van der Waals surface area contributed by atoms with E-state index in [0.29, 0.717) is 18.1 Å². The topological polar surface area (TPSA) is 72.0 Å². The van der Waals surface area contributed by atoms with Gasteiger partial charge in [-0.1, -0.05) is 25.1 Å². The van der Waals surface area contributed by atoms with E-state index in [1.54, 1.807) is 19.4 Å². The summed E-state index contributed by atoms with van der Waals surface area (Å²) in [7, 11) is 1.59. The van der Waals surface area contributed by atoms with Crippen LogP contribution < -0.4 is 20.2 Å². The Morgan fingerprint density at radius 2 is 2.00 bits per heavy atom. The number of hydrogen-bond acceptors (Lipinski definition) is 4. The van der Waals surface area contributed by atoms with Crippen molar-refractivity contribution in [2.75, 3.05) is 19.0 Å². The van der Waals surface area contributed by atoms with Crippen LogP contribution in [0.5, 0.6) is 11.5 Å². The molecule has 0 atom stereocenters. The summed E-state index contributed by atoms with van der Waals surface area (Å²) in [4.78, 5) is 11.9. The maximum Gasteiger partial charge on any atom is 0.339 e. The second-order valence-electron chi connectivity index (χ2n) is 5.40. The van der Waals surface area contributed by atoms with E-state index in [9.17, 15) is 4.79 Å². The average molecular weight is 341 g/mol. The van der Waals surface area contributed by atoms with E-state index in [2.05, 4.69) is 15.8 Å². The zero-order valence-electron chi connectivity index (χ0n) is 14.7. The second-order valence-corrected chi connectivity index (χ2v) is 5.40.